The molecule has 1 heterocycles. The molecule has 0 saturated carbocycles. The molecule has 6 heteroatoms. The normalized spacial score (nSPS) is 10.7. The lowest BCUT2D eigenvalue weighted by molar-refractivity contribution is 0.0533. The molecular weight excluding hydrogens is 386 g/mol. The quantitative estimate of drug-likeness (QED) is 0.352. The predicted octanol–water partition coefficient (Wildman–Crippen LogP) is 5.90. The molecule has 2 aromatic carbocycles. The summed E-state index contributed by atoms with van der Waals surface area (Å²) in [4.78, 5) is 25.6. The lowest BCUT2D eigenvalue weighted by atomic mass is 10.1. The first-order valence-electron chi connectivity index (χ1n) is 9.87. The largest absolute Gasteiger partial charge is 0.494 e. The van der Waals surface area contributed by atoms with Gasteiger partial charge in [0.25, 0.3) is 5.91 Å². The summed E-state index contributed by atoms with van der Waals surface area (Å²) in [5.74, 6) is 0.0299. The van der Waals surface area contributed by atoms with Gasteiger partial charge in [-0.15, -0.1) is 11.3 Å². The number of hydrogen-bond acceptors (Lipinski definition) is 5. The number of rotatable bonds is 9. The van der Waals surface area contributed by atoms with Crippen LogP contribution in [0.5, 0.6) is 5.75 Å². The van der Waals surface area contributed by atoms with Crippen LogP contribution >= 0.6 is 11.3 Å². The van der Waals surface area contributed by atoms with Crippen molar-refractivity contribution in [3.05, 3.63) is 59.0 Å². The summed E-state index contributed by atoms with van der Waals surface area (Å²) in [6, 6.07) is 14.6. The van der Waals surface area contributed by atoms with Crippen molar-refractivity contribution in [3.63, 3.8) is 0 Å². The third-order valence-electron chi connectivity index (χ3n) is 4.43. The van der Waals surface area contributed by atoms with E-state index in [0.29, 0.717) is 22.7 Å². The molecule has 5 nitrogen and oxygen atoms in total. The molecule has 0 atom stereocenters. The van der Waals surface area contributed by atoms with Gasteiger partial charge in [0, 0.05) is 15.6 Å². The Morgan fingerprint density at radius 3 is 2.48 bits per heavy atom. The van der Waals surface area contributed by atoms with Crippen LogP contribution in [0.2, 0.25) is 0 Å². The summed E-state index contributed by atoms with van der Waals surface area (Å²) in [7, 11) is 0. The molecule has 0 bridgehead atoms. The Hall–Kier alpha value is -2.86. The highest BCUT2D eigenvalue weighted by molar-refractivity contribution is 7.21. The SMILES string of the molecule is CCCCCOc1ccc(C(=O)Nc2c(C(=O)OCC)sc3ccccc23)cc1. The molecule has 152 valence electrons. The van der Waals surface area contributed by atoms with E-state index in [1.807, 2.05) is 24.3 Å². The summed E-state index contributed by atoms with van der Waals surface area (Å²) < 4.78 is 11.8. The maximum Gasteiger partial charge on any atom is 0.350 e. The fraction of sp³-hybridized carbons (Fsp3) is 0.304. The number of fused-ring (bicyclic) bond motifs is 1. The fourth-order valence-corrected chi connectivity index (χ4v) is 3.99. The second-order valence-corrected chi connectivity index (χ2v) is 7.61. The fourth-order valence-electron chi connectivity index (χ4n) is 2.94. The topological polar surface area (TPSA) is 64.6 Å². The number of anilines is 1. The van der Waals surface area contributed by atoms with E-state index in [1.165, 1.54) is 11.3 Å². The van der Waals surface area contributed by atoms with Gasteiger partial charge in [0.15, 0.2) is 0 Å². The molecule has 3 aromatic rings. The Kier molecular flexibility index (Phi) is 7.25. The van der Waals surface area contributed by atoms with Gasteiger partial charge >= 0.3 is 5.97 Å². The van der Waals surface area contributed by atoms with E-state index in [9.17, 15) is 9.59 Å². The second kappa shape index (κ2) is 10.1. The number of benzene rings is 2. The molecule has 0 aliphatic rings. The zero-order chi connectivity index (χ0) is 20.6. The second-order valence-electron chi connectivity index (χ2n) is 6.56. The summed E-state index contributed by atoms with van der Waals surface area (Å²) in [6.07, 6.45) is 3.30. The highest BCUT2D eigenvalue weighted by atomic mass is 32.1. The highest BCUT2D eigenvalue weighted by Gasteiger charge is 2.21. The van der Waals surface area contributed by atoms with Gasteiger partial charge in [0.2, 0.25) is 0 Å². The van der Waals surface area contributed by atoms with Crippen LogP contribution < -0.4 is 10.1 Å². The maximum atomic E-state index is 12.8. The summed E-state index contributed by atoms with van der Waals surface area (Å²) in [6.45, 7) is 4.86. The third-order valence-corrected chi connectivity index (χ3v) is 5.58. The van der Waals surface area contributed by atoms with Crippen LogP contribution in [0.15, 0.2) is 48.5 Å². The van der Waals surface area contributed by atoms with E-state index in [4.69, 9.17) is 9.47 Å². The number of unbranched alkanes of at least 4 members (excludes halogenated alkanes) is 2. The lowest BCUT2D eigenvalue weighted by Crippen LogP contribution is -2.14. The van der Waals surface area contributed by atoms with E-state index >= 15 is 0 Å². The van der Waals surface area contributed by atoms with Crippen LogP contribution in [0, 0.1) is 0 Å². The van der Waals surface area contributed by atoms with E-state index < -0.39 is 5.97 Å². The van der Waals surface area contributed by atoms with E-state index in [1.54, 1.807) is 31.2 Å². The lowest BCUT2D eigenvalue weighted by Gasteiger charge is -2.09. The number of esters is 1. The first-order chi connectivity index (χ1) is 14.1. The Bertz CT molecular complexity index is 978. The predicted molar refractivity (Wildman–Crippen MR) is 117 cm³/mol. The van der Waals surface area contributed by atoms with E-state index in [2.05, 4.69) is 12.2 Å². The number of thiophene rings is 1. The van der Waals surface area contributed by atoms with E-state index in [-0.39, 0.29) is 12.5 Å². The third kappa shape index (κ3) is 5.15. The Labute approximate surface area is 174 Å². The molecule has 0 saturated heterocycles. The molecule has 0 radical (unpaired) electrons. The average Bonchev–Trinajstić information content (AvgIpc) is 3.10. The van der Waals surface area contributed by atoms with E-state index in [0.717, 1.165) is 35.1 Å². The van der Waals surface area contributed by atoms with Crippen LogP contribution in [-0.2, 0) is 4.74 Å². The van der Waals surface area contributed by atoms with Crippen molar-refractivity contribution < 1.29 is 19.1 Å². The zero-order valence-corrected chi connectivity index (χ0v) is 17.5. The van der Waals surface area contributed by atoms with Crippen molar-refractivity contribution in [2.24, 2.45) is 0 Å². The molecule has 29 heavy (non-hydrogen) atoms. The minimum absolute atomic E-state index is 0.278. The van der Waals surface area contributed by atoms with Crippen LogP contribution in [0.25, 0.3) is 10.1 Å². The number of hydrogen-bond donors (Lipinski definition) is 1. The van der Waals surface area contributed by atoms with Crippen LogP contribution in [0.1, 0.15) is 53.1 Å². The monoisotopic (exact) mass is 411 g/mol. The summed E-state index contributed by atoms with van der Waals surface area (Å²) in [5, 5.41) is 3.72. The van der Waals surface area contributed by atoms with Gasteiger partial charge in [0.1, 0.15) is 10.6 Å². The molecule has 0 unspecified atom stereocenters. The van der Waals surface area contributed by atoms with Crippen LogP contribution in [0.4, 0.5) is 5.69 Å². The number of amides is 1. The molecule has 0 aliphatic carbocycles. The average molecular weight is 412 g/mol. The van der Waals surface area contributed by atoms with Crippen molar-refractivity contribution in [1.82, 2.24) is 0 Å². The Balaban J connectivity index is 1.77. The Morgan fingerprint density at radius 1 is 1.00 bits per heavy atom. The first kappa shape index (κ1) is 20.9. The smallest absolute Gasteiger partial charge is 0.350 e. The van der Waals surface area contributed by atoms with Crippen molar-refractivity contribution in [1.29, 1.82) is 0 Å². The van der Waals surface area contributed by atoms with Gasteiger partial charge in [-0.05, 0) is 43.7 Å². The summed E-state index contributed by atoms with van der Waals surface area (Å²) in [5.41, 5.74) is 0.991. The van der Waals surface area contributed by atoms with Gasteiger partial charge < -0.3 is 14.8 Å². The Morgan fingerprint density at radius 2 is 1.76 bits per heavy atom. The molecule has 1 N–H and O–H groups in total. The molecule has 0 spiro atoms. The molecule has 1 amide bonds. The van der Waals surface area contributed by atoms with Gasteiger partial charge in [-0.25, -0.2) is 4.79 Å². The molecular formula is C23H25NO4S. The zero-order valence-electron chi connectivity index (χ0n) is 16.7. The molecule has 0 aliphatic heterocycles. The standard InChI is InChI=1S/C23H25NO4S/c1-3-5-8-15-28-17-13-11-16(12-14-17)22(25)24-20-18-9-6-7-10-19(18)29-21(20)23(26)27-4-2/h6-7,9-14H,3-5,8,15H2,1-2H3,(H,24,25). The van der Waals surface area contributed by atoms with Crippen molar-refractivity contribution in [3.8, 4) is 5.75 Å². The first-order valence-corrected chi connectivity index (χ1v) is 10.7. The van der Waals surface area contributed by atoms with Crippen LogP contribution in [-0.4, -0.2) is 25.1 Å². The van der Waals surface area contributed by atoms with Crippen molar-refractivity contribution >= 4 is 39.0 Å². The molecule has 3 rings (SSSR count). The number of carbonyl (C=O) groups is 2. The minimum atomic E-state index is -0.431. The van der Waals surface area contributed by atoms with Gasteiger partial charge in [-0.2, -0.15) is 0 Å². The minimum Gasteiger partial charge on any atom is -0.494 e. The maximum absolute atomic E-state index is 12.8. The van der Waals surface area contributed by atoms with Crippen molar-refractivity contribution in [2.75, 3.05) is 18.5 Å². The number of ether oxygens (including phenoxy) is 2. The number of nitrogens with one attached hydrogen (secondary N) is 1. The molecule has 1 aromatic heterocycles. The van der Waals surface area contributed by atoms with Gasteiger partial charge in [-0.3, -0.25) is 4.79 Å². The van der Waals surface area contributed by atoms with Crippen molar-refractivity contribution in [2.45, 2.75) is 33.1 Å². The highest BCUT2D eigenvalue weighted by Crippen LogP contribution is 2.36. The van der Waals surface area contributed by atoms with Gasteiger partial charge in [0.05, 0.1) is 18.9 Å². The molecule has 0 fully saturated rings. The summed E-state index contributed by atoms with van der Waals surface area (Å²) >= 11 is 1.32. The van der Waals surface area contributed by atoms with Crippen LogP contribution in [0.3, 0.4) is 0 Å². The van der Waals surface area contributed by atoms with Gasteiger partial charge in [-0.1, -0.05) is 38.0 Å². The number of carbonyl (C=O) groups excluding carboxylic acids is 2.